The van der Waals surface area contributed by atoms with Crippen molar-refractivity contribution >= 4 is 18.5 Å². The molecule has 1 unspecified atom stereocenters. The third kappa shape index (κ3) is 7.62. The molecule has 0 spiro atoms. The Morgan fingerprint density at radius 1 is 0.837 bits per heavy atom. The molecular weight excluding hydrogens is 614 g/mol. The number of nitro groups is 1. The van der Waals surface area contributed by atoms with E-state index in [0.717, 1.165) is 92.9 Å². The summed E-state index contributed by atoms with van der Waals surface area (Å²) >= 11 is 0. The van der Waals surface area contributed by atoms with Crippen LogP contribution in [0.4, 0.5) is 5.69 Å². The smallest absolute Gasteiger partial charge is 0.269 e. The lowest BCUT2D eigenvalue weighted by Gasteiger charge is -2.43. The van der Waals surface area contributed by atoms with Crippen molar-refractivity contribution in [2.75, 3.05) is 32.7 Å². The number of nitrogens with zero attached hydrogens (tertiary/aromatic N) is 4. The third-order valence-electron chi connectivity index (χ3n) is 10.2. The van der Waals surface area contributed by atoms with E-state index in [1.807, 2.05) is 13.8 Å². The summed E-state index contributed by atoms with van der Waals surface area (Å²) < 4.78 is 0. The topological polar surface area (TPSA) is 99.0 Å². The lowest BCUT2D eigenvalue weighted by molar-refractivity contribution is -0.384. The number of hydrogen-bond donors (Lipinski definition) is 1. The van der Waals surface area contributed by atoms with Gasteiger partial charge in [-0.05, 0) is 75.4 Å². The summed E-state index contributed by atoms with van der Waals surface area (Å²) in [5.74, 6) is -0.443. The van der Waals surface area contributed by atoms with Crippen LogP contribution in [0.25, 0.3) is 0 Å². The van der Waals surface area contributed by atoms with Gasteiger partial charge in [0.05, 0.1) is 22.2 Å². The molecule has 258 valence electrons. The Balaban J connectivity index is 1.39. The molecule has 3 aromatic carbocycles. The number of nitro benzene ring substituents is 1. The lowest BCUT2D eigenvalue weighted by atomic mass is 9.68. The first-order chi connectivity index (χ1) is 23.9. The van der Waals surface area contributed by atoms with Gasteiger partial charge in [0, 0.05) is 42.0 Å². The maximum Gasteiger partial charge on any atom is 0.269 e. The van der Waals surface area contributed by atoms with E-state index in [2.05, 4.69) is 77.8 Å². The maximum absolute atomic E-state index is 13.0. The number of carbonyl (C=O) groups excluding carboxylic acids is 2. The number of carbonyl (C=O) groups is 2. The highest BCUT2D eigenvalue weighted by atomic mass is 16.6. The van der Waals surface area contributed by atoms with E-state index in [1.165, 1.54) is 23.3 Å². The van der Waals surface area contributed by atoms with E-state index >= 15 is 0 Å². The van der Waals surface area contributed by atoms with Crippen LogP contribution in [0.15, 0.2) is 108 Å². The van der Waals surface area contributed by atoms with Crippen molar-refractivity contribution in [1.82, 2.24) is 20.0 Å². The Bertz CT molecular complexity index is 1590. The number of hydrogen-bond acceptors (Lipinski definition) is 6. The second kappa shape index (κ2) is 16.6. The molecule has 2 amide bonds. The van der Waals surface area contributed by atoms with Crippen LogP contribution in [0.3, 0.4) is 0 Å². The van der Waals surface area contributed by atoms with Crippen molar-refractivity contribution in [3.63, 3.8) is 0 Å². The molecule has 1 fully saturated rings. The Morgan fingerprint density at radius 3 is 1.90 bits per heavy atom. The molecule has 0 bridgehead atoms. The van der Waals surface area contributed by atoms with Crippen LogP contribution in [-0.4, -0.2) is 65.2 Å². The van der Waals surface area contributed by atoms with Crippen LogP contribution < -0.4 is 5.32 Å². The van der Waals surface area contributed by atoms with Gasteiger partial charge in [-0.2, -0.15) is 0 Å². The average Bonchev–Trinajstić information content (AvgIpc) is 3.15. The normalized spacial score (nSPS) is 17.7. The predicted octanol–water partition coefficient (Wildman–Crippen LogP) is 7.32. The predicted molar refractivity (Wildman–Crippen MR) is 193 cm³/mol. The molecule has 0 aromatic heterocycles. The second-order valence-electron chi connectivity index (χ2n) is 12.9. The van der Waals surface area contributed by atoms with Crippen LogP contribution in [0.5, 0.6) is 0 Å². The Hall–Kier alpha value is -4.76. The van der Waals surface area contributed by atoms with Gasteiger partial charge < -0.3 is 20.0 Å². The van der Waals surface area contributed by atoms with Gasteiger partial charge in [-0.3, -0.25) is 19.7 Å². The highest BCUT2D eigenvalue weighted by Gasteiger charge is 2.39. The minimum absolute atomic E-state index is 0.00158. The third-order valence-corrected chi connectivity index (χ3v) is 10.2. The number of benzene rings is 3. The van der Waals surface area contributed by atoms with Crippen LogP contribution in [0.1, 0.15) is 81.9 Å². The van der Waals surface area contributed by atoms with E-state index < -0.39 is 10.8 Å². The lowest BCUT2D eigenvalue weighted by Crippen LogP contribution is -2.44. The van der Waals surface area contributed by atoms with Crippen LogP contribution in [0, 0.1) is 10.1 Å². The first-order valence-electron chi connectivity index (χ1n) is 17.6. The number of likely N-dealkylation sites (tertiary alicyclic amines) is 1. The molecule has 2 aliphatic rings. The Labute approximate surface area is 290 Å². The van der Waals surface area contributed by atoms with Crippen molar-refractivity contribution in [2.45, 2.75) is 70.6 Å². The fourth-order valence-corrected chi connectivity index (χ4v) is 7.69. The van der Waals surface area contributed by atoms with E-state index in [1.54, 1.807) is 21.9 Å². The summed E-state index contributed by atoms with van der Waals surface area (Å²) in [6.07, 6.45) is 6.80. The Kier molecular flexibility index (Phi) is 12.0. The van der Waals surface area contributed by atoms with Crippen LogP contribution in [-0.2, 0) is 15.0 Å². The van der Waals surface area contributed by atoms with Gasteiger partial charge in [-0.25, -0.2) is 0 Å². The molecule has 9 nitrogen and oxygen atoms in total. The molecule has 0 saturated carbocycles. The van der Waals surface area contributed by atoms with Gasteiger partial charge in [0.25, 0.3) is 5.69 Å². The second-order valence-corrected chi connectivity index (χ2v) is 12.9. The number of dihydropyridines is 1. The number of non-ortho nitro benzene ring substituents is 1. The van der Waals surface area contributed by atoms with E-state index in [-0.39, 0.29) is 11.1 Å². The zero-order chi connectivity index (χ0) is 34.8. The monoisotopic (exact) mass is 663 g/mol. The molecule has 1 atom stereocenters. The summed E-state index contributed by atoms with van der Waals surface area (Å²) in [6.45, 7) is 9.81. The highest BCUT2D eigenvalue weighted by Crippen LogP contribution is 2.44. The van der Waals surface area contributed by atoms with Gasteiger partial charge in [-0.1, -0.05) is 93.1 Å². The van der Waals surface area contributed by atoms with Crippen molar-refractivity contribution in [1.29, 1.82) is 0 Å². The molecule has 49 heavy (non-hydrogen) atoms. The van der Waals surface area contributed by atoms with Gasteiger partial charge in [-0.15, -0.1) is 0 Å². The van der Waals surface area contributed by atoms with Crippen molar-refractivity contribution in [3.05, 3.63) is 135 Å². The zero-order valence-corrected chi connectivity index (χ0v) is 29.0. The molecule has 5 rings (SSSR count). The SMILES string of the molecule is CCCC1=C(N(C=O)CCCN2CCC(c3ccccc3)(c3ccccc3)CC2)C(c2ccc([N+](=O)[O-])cc2)C(N(C=O)CC)=C(CC)N1. The number of amides is 2. The standard InChI is InChI=1S/C40H49N5O4/c1-4-14-36-39(37(31-19-21-34(22-20-31)45(48)49)38(35(5-2)41-36)43(6-3)29-46)44(30-47)26-13-25-42-27-23-40(24-28-42,32-15-9-7-10-16-32)33-17-11-8-12-18-33/h7-12,15-22,29-30,37,41H,4-6,13-14,23-28H2,1-3H3. The fraction of sp³-hybridized carbons (Fsp3) is 0.400. The van der Waals surface area contributed by atoms with E-state index in [9.17, 15) is 19.7 Å². The van der Waals surface area contributed by atoms with Crippen molar-refractivity contribution < 1.29 is 14.5 Å². The average molecular weight is 664 g/mol. The number of allylic oxidation sites excluding steroid dienone is 2. The largest absolute Gasteiger partial charge is 0.359 e. The number of nitrogens with one attached hydrogen (secondary N) is 1. The van der Waals surface area contributed by atoms with Gasteiger partial charge in [0.2, 0.25) is 12.8 Å². The van der Waals surface area contributed by atoms with Crippen molar-refractivity contribution in [2.24, 2.45) is 0 Å². The fourth-order valence-electron chi connectivity index (χ4n) is 7.69. The summed E-state index contributed by atoms with van der Waals surface area (Å²) in [5, 5.41) is 15.1. The number of rotatable bonds is 16. The summed E-state index contributed by atoms with van der Waals surface area (Å²) in [7, 11) is 0. The molecule has 1 saturated heterocycles. The quantitative estimate of drug-likeness (QED) is 0.0980. The first kappa shape index (κ1) is 35.5. The van der Waals surface area contributed by atoms with Crippen LogP contribution >= 0.6 is 0 Å². The molecule has 2 aliphatic heterocycles. The molecule has 0 radical (unpaired) electrons. The number of likely N-dealkylation sites (N-methyl/N-ethyl adjacent to an activating group) is 1. The number of piperidine rings is 1. The molecule has 2 heterocycles. The summed E-state index contributed by atoms with van der Waals surface area (Å²) in [5.41, 5.74) is 6.96. The first-order valence-corrected chi connectivity index (χ1v) is 17.6. The minimum Gasteiger partial charge on any atom is -0.359 e. The van der Waals surface area contributed by atoms with Gasteiger partial charge in [0.15, 0.2) is 0 Å². The van der Waals surface area contributed by atoms with E-state index in [4.69, 9.17) is 0 Å². The van der Waals surface area contributed by atoms with E-state index in [0.29, 0.717) is 19.5 Å². The molecule has 3 aromatic rings. The van der Waals surface area contributed by atoms with Crippen molar-refractivity contribution in [3.8, 4) is 0 Å². The molecule has 9 heteroatoms. The summed E-state index contributed by atoms with van der Waals surface area (Å²) in [6, 6.07) is 28.2. The van der Waals surface area contributed by atoms with Gasteiger partial charge in [0.1, 0.15) is 0 Å². The Morgan fingerprint density at radius 2 is 1.41 bits per heavy atom. The van der Waals surface area contributed by atoms with Gasteiger partial charge >= 0.3 is 0 Å². The zero-order valence-electron chi connectivity index (χ0n) is 29.0. The molecule has 0 aliphatic carbocycles. The highest BCUT2D eigenvalue weighted by molar-refractivity contribution is 5.61. The van der Waals surface area contributed by atoms with Crippen LogP contribution in [0.2, 0.25) is 0 Å². The molecule has 1 N–H and O–H groups in total. The minimum atomic E-state index is -0.443. The summed E-state index contributed by atoms with van der Waals surface area (Å²) in [4.78, 5) is 42.5. The molecular formula is C40H49N5O4. The maximum atomic E-state index is 13.0.